The minimum atomic E-state index is 0.172. The van der Waals surface area contributed by atoms with Gasteiger partial charge in [-0.1, -0.05) is 81.4 Å². The Labute approximate surface area is 139 Å². The third-order valence-corrected chi connectivity index (χ3v) is 4.70. The van der Waals surface area contributed by atoms with Crippen LogP contribution in [0.1, 0.15) is 44.9 Å². The number of aliphatic imine (C=N–C) groups is 1. The first-order valence-corrected chi connectivity index (χ1v) is 8.41. The first-order valence-electron chi connectivity index (χ1n) is 8.41. The Morgan fingerprint density at radius 2 is 1.52 bits per heavy atom. The lowest BCUT2D eigenvalue weighted by atomic mass is 9.87. The molecule has 0 aliphatic carbocycles. The molecule has 1 aliphatic heterocycles. The molecule has 120 valence electrons. The second-order valence-electron chi connectivity index (χ2n) is 7.44. The quantitative estimate of drug-likeness (QED) is 0.785. The zero-order valence-electron chi connectivity index (χ0n) is 14.5. The van der Waals surface area contributed by atoms with Crippen LogP contribution in [0, 0.1) is 5.41 Å². The minimum absolute atomic E-state index is 0.172. The molecule has 0 spiro atoms. The van der Waals surface area contributed by atoms with Gasteiger partial charge in [0.25, 0.3) is 0 Å². The van der Waals surface area contributed by atoms with Gasteiger partial charge < -0.3 is 4.90 Å². The summed E-state index contributed by atoms with van der Waals surface area (Å²) in [4.78, 5) is 7.56. The third-order valence-electron chi connectivity index (χ3n) is 4.70. The van der Waals surface area contributed by atoms with Gasteiger partial charge in [-0.2, -0.15) is 0 Å². The molecule has 0 saturated carbocycles. The molecule has 0 unspecified atom stereocenters. The molecule has 0 aromatic heterocycles. The Bertz CT molecular complexity index is 668. The second kappa shape index (κ2) is 6.19. The third kappa shape index (κ3) is 3.31. The Morgan fingerprint density at radius 3 is 2.09 bits per heavy atom. The SMILES string of the molecule is C[C@@H](c1ccccc1)N1C[C@H](C(C)(C)C)N=C1c1ccccc1. The van der Waals surface area contributed by atoms with Gasteiger partial charge >= 0.3 is 0 Å². The minimum Gasteiger partial charge on any atom is -0.347 e. The molecular weight excluding hydrogens is 280 g/mol. The van der Waals surface area contributed by atoms with Crippen LogP contribution in [-0.4, -0.2) is 23.3 Å². The summed E-state index contributed by atoms with van der Waals surface area (Å²) in [6.45, 7) is 10.1. The predicted molar refractivity (Wildman–Crippen MR) is 97.8 cm³/mol. The van der Waals surface area contributed by atoms with E-state index in [1.54, 1.807) is 0 Å². The van der Waals surface area contributed by atoms with Crippen LogP contribution in [0.2, 0.25) is 0 Å². The van der Waals surface area contributed by atoms with Gasteiger partial charge in [0.05, 0.1) is 12.1 Å². The Morgan fingerprint density at radius 1 is 0.957 bits per heavy atom. The van der Waals surface area contributed by atoms with E-state index in [1.165, 1.54) is 11.1 Å². The van der Waals surface area contributed by atoms with E-state index < -0.39 is 0 Å². The van der Waals surface area contributed by atoms with Crippen molar-refractivity contribution in [2.75, 3.05) is 6.54 Å². The van der Waals surface area contributed by atoms with E-state index in [4.69, 9.17) is 4.99 Å². The summed E-state index contributed by atoms with van der Waals surface area (Å²) < 4.78 is 0. The molecule has 2 nitrogen and oxygen atoms in total. The topological polar surface area (TPSA) is 15.6 Å². The van der Waals surface area contributed by atoms with Crippen molar-refractivity contribution in [1.29, 1.82) is 0 Å². The van der Waals surface area contributed by atoms with E-state index in [9.17, 15) is 0 Å². The molecule has 3 rings (SSSR count). The van der Waals surface area contributed by atoms with Crippen LogP contribution in [-0.2, 0) is 0 Å². The van der Waals surface area contributed by atoms with Crippen LogP contribution in [0.4, 0.5) is 0 Å². The average molecular weight is 306 g/mol. The molecule has 2 aromatic rings. The molecule has 2 heteroatoms. The van der Waals surface area contributed by atoms with Gasteiger partial charge in [-0.3, -0.25) is 4.99 Å². The van der Waals surface area contributed by atoms with Crippen molar-refractivity contribution in [1.82, 2.24) is 4.90 Å². The van der Waals surface area contributed by atoms with Gasteiger partial charge in [0.15, 0.2) is 0 Å². The van der Waals surface area contributed by atoms with Crippen LogP contribution >= 0.6 is 0 Å². The first kappa shape index (κ1) is 15.8. The number of rotatable bonds is 3. The largest absolute Gasteiger partial charge is 0.347 e. The Balaban J connectivity index is 1.97. The van der Waals surface area contributed by atoms with Crippen molar-refractivity contribution in [2.24, 2.45) is 10.4 Å². The predicted octanol–water partition coefficient (Wildman–Crippen LogP) is 4.92. The number of hydrogen-bond donors (Lipinski definition) is 0. The smallest absolute Gasteiger partial charge is 0.131 e. The molecular formula is C21H26N2. The maximum absolute atomic E-state index is 5.10. The highest BCUT2D eigenvalue weighted by atomic mass is 15.3. The van der Waals surface area contributed by atoms with Gasteiger partial charge in [-0.15, -0.1) is 0 Å². The number of benzene rings is 2. The normalized spacial score (nSPS) is 19.6. The molecule has 0 amide bonds. The van der Waals surface area contributed by atoms with Crippen LogP contribution < -0.4 is 0 Å². The highest BCUT2D eigenvalue weighted by Gasteiger charge is 2.36. The van der Waals surface area contributed by atoms with Crippen molar-refractivity contribution < 1.29 is 0 Å². The molecule has 0 saturated heterocycles. The maximum Gasteiger partial charge on any atom is 0.131 e. The van der Waals surface area contributed by atoms with E-state index >= 15 is 0 Å². The summed E-state index contributed by atoms with van der Waals surface area (Å²) >= 11 is 0. The molecule has 0 N–H and O–H groups in total. The number of nitrogens with zero attached hydrogens (tertiary/aromatic N) is 2. The summed E-state index contributed by atoms with van der Waals surface area (Å²) in [5, 5.41) is 0. The second-order valence-corrected chi connectivity index (χ2v) is 7.44. The maximum atomic E-state index is 5.10. The molecule has 23 heavy (non-hydrogen) atoms. The lowest BCUT2D eigenvalue weighted by molar-refractivity contribution is 0.263. The fraction of sp³-hybridized carbons (Fsp3) is 0.381. The monoisotopic (exact) mass is 306 g/mol. The van der Waals surface area contributed by atoms with E-state index in [0.717, 1.165) is 12.4 Å². The van der Waals surface area contributed by atoms with E-state index in [1.807, 2.05) is 0 Å². The lowest BCUT2D eigenvalue weighted by Crippen LogP contribution is -2.35. The molecule has 2 aromatic carbocycles. The van der Waals surface area contributed by atoms with Crippen LogP contribution in [0.3, 0.4) is 0 Å². The van der Waals surface area contributed by atoms with Crippen molar-refractivity contribution in [2.45, 2.75) is 39.8 Å². The summed E-state index contributed by atoms with van der Waals surface area (Å²) in [5.41, 5.74) is 2.72. The van der Waals surface area contributed by atoms with E-state index in [0.29, 0.717) is 12.1 Å². The summed E-state index contributed by atoms with van der Waals surface area (Å²) in [6, 6.07) is 21.9. The van der Waals surface area contributed by atoms with Gasteiger partial charge in [-0.25, -0.2) is 0 Å². The van der Waals surface area contributed by atoms with Crippen molar-refractivity contribution >= 4 is 5.84 Å². The highest BCUT2D eigenvalue weighted by molar-refractivity contribution is 6.00. The van der Waals surface area contributed by atoms with E-state index in [-0.39, 0.29) is 5.41 Å². The molecule has 1 heterocycles. The Hall–Kier alpha value is -2.09. The van der Waals surface area contributed by atoms with Gasteiger partial charge in [-0.05, 0) is 17.9 Å². The highest BCUT2D eigenvalue weighted by Crippen LogP contribution is 2.33. The number of hydrogen-bond acceptors (Lipinski definition) is 2. The fourth-order valence-corrected chi connectivity index (χ4v) is 3.08. The van der Waals surface area contributed by atoms with Crippen LogP contribution in [0.15, 0.2) is 65.7 Å². The zero-order valence-corrected chi connectivity index (χ0v) is 14.5. The molecule has 0 radical (unpaired) electrons. The van der Waals surface area contributed by atoms with Crippen LogP contribution in [0.25, 0.3) is 0 Å². The standard InChI is InChI=1S/C21H26N2/c1-16(17-11-7-5-8-12-17)23-15-19(21(2,3)4)22-20(23)18-13-9-6-10-14-18/h5-14,16,19H,15H2,1-4H3/t16-,19+/m0/s1. The lowest BCUT2D eigenvalue weighted by Gasteiger charge is -2.31. The fourth-order valence-electron chi connectivity index (χ4n) is 3.08. The van der Waals surface area contributed by atoms with Crippen molar-refractivity contribution in [3.8, 4) is 0 Å². The number of amidine groups is 1. The molecule has 0 bridgehead atoms. The Kier molecular flexibility index (Phi) is 4.25. The van der Waals surface area contributed by atoms with Gasteiger partial charge in [0.2, 0.25) is 0 Å². The van der Waals surface area contributed by atoms with Gasteiger partial charge in [0.1, 0.15) is 5.84 Å². The molecule has 1 aliphatic rings. The molecule has 0 fully saturated rings. The summed E-state index contributed by atoms with van der Waals surface area (Å²) in [7, 11) is 0. The summed E-state index contributed by atoms with van der Waals surface area (Å²) in [6.07, 6.45) is 0. The van der Waals surface area contributed by atoms with Gasteiger partial charge in [0, 0.05) is 12.1 Å². The summed E-state index contributed by atoms with van der Waals surface area (Å²) in [5.74, 6) is 1.13. The molecule has 2 atom stereocenters. The van der Waals surface area contributed by atoms with E-state index in [2.05, 4.69) is 93.3 Å². The van der Waals surface area contributed by atoms with Crippen molar-refractivity contribution in [3.05, 3.63) is 71.8 Å². The van der Waals surface area contributed by atoms with Crippen LogP contribution in [0.5, 0.6) is 0 Å². The van der Waals surface area contributed by atoms with Crippen molar-refractivity contribution in [3.63, 3.8) is 0 Å². The first-order chi connectivity index (χ1) is 11.0. The zero-order chi connectivity index (χ0) is 16.4. The average Bonchev–Trinajstić information content (AvgIpc) is 3.01.